The zero-order valence-electron chi connectivity index (χ0n) is 23.8. The molecule has 0 unspecified atom stereocenters. The summed E-state index contributed by atoms with van der Waals surface area (Å²) in [5.74, 6) is -2.29. The largest absolute Gasteiger partial charge is 0.476 e. The average molecular weight is 579 g/mol. The number of sulfone groups is 1. The molecule has 1 amide bonds. The third kappa shape index (κ3) is 8.07. The van der Waals surface area contributed by atoms with Crippen molar-refractivity contribution < 1.29 is 27.9 Å². The fourth-order valence-electron chi connectivity index (χ4n) is 4.16. The maximum Gasteiger partial charge on any atom is 0.371 e. The van der Waals surface area contributed by atoms with Gasteiger partial charge in [-0.25, -0.2) is 18.2 Å². The Morgan fingerprint density at radius 3 is 2.12 bits per heavy atom. The molecule has 0 bridgehead atoms. The molecule has 2 heterocycles. The van der Waals surface area contributed by atoms with E-state index in [2.05, 4.69) is 27.9 Å². The van der Waals surface area contributed by atoms with Crippen LogP contribution in [0.25, 0.3) is 16.7 Å². The van der Waals surface area contributed by atoms with Gasteiger partial charge in [0.05, 0.1) is 16.1 Å². The summed E-state index contributed by atoms with van der Waals surface area (Å²) in [5.41, 5.74) is 6.87. The number of ketones is 1. The van der Waals surface area contributed by atoms with Gasteiger partial charge >= 0.3 is 5.97 Å². The van der Waals surface area contributed by atoms with E-state index in [0.717, 1.165) is 58.4 Å². The Morgan fingerprint density at radius 2 is 1.56 bits per heavy atom. The van der Waals surface area contributed by atoms with Gasteiger partial charge in [0.1, 0.15) is 17.1 Å². The number of benzene rings is 2. The van der Waals surface area contributed by atoms with Crippen LogP contribution in [0.3, 0.4) is 0 Å². The minimum Gasteiger partial charge on any atom is -0.476 e. The molecule has 2 aromatic carbocycles. The number of carbonyl (C=O) groups is 3. The van der Waals surface area contributed by atoms with Crippen LogP contribution in [0.5, 0.6) is 0 Å². The molecule has 0 aliphatic heterocycles. The number of amides is 1. The third-order valence-corrected chi connectivity index (χ3v) is 7.90. The second-order valence-electron chi connectivity index (χ2n) is 9.63. The molecule has 11 heteroatoms. The number of carboxylic acids is 1. The Kier molecular flexibility index (Phi) is 10.1. The molecular weight excluding hydrogens is 544 g/mol. The molecule has 0 saturated carbocycles. The Balaban J connectivity index is 0.000000696. The number of carboxylic acid groups (broad SMARTS) is 1. The second-order valence-corrected chi connectivity index (χ2v) is 11.6. The van der Waals surface area contributed by atoms with Gasteiger partial charge in [0, 0.05) is 31.3 Å². The van der Waals surface area contributed by atoms with Crippen molar-refractivity contribution in [3.8, 4) is 5.69 Å². The van der Waals surface area contributed by atoms with Gasteiger partial charge in [0.2, 0.25) is 11.7 Å². The van der Waals surface area contributed by atoms with E-state index >= 15 is 0 Å². The first-order valence-electron chi connectivity index (χ1n) is 13.1. The number of imidazole rings is 1. The lowest BCUT2D eigenvalue weighted by atomic mass is 10.1. The van der Waals surface area contributed by atoms with Crippen LogP contribution in [-0.4, -0.2) is 58.0 Å². The van der Waals surface area contributed by atoms with Gasteiger partial charge in [-0.15, -0.1) is 0 Å². The Labute approximate surface area is 239 Å². The summed E-state index contributed by atoms with van der Waals surface area (Å²) in [7, 11) is -3.66. The SMILES string of the molecule is CC(=O)C(=O)O.CCc1nc2c(C)nc(C)cc2n1-c1ccc(CCNC(=O)CS(=O)(=O)c2ccc(C)cc2)cc1. The predicted molar refractivity (Wildman–Crippen MR) is 156 cm³/mol. The Hall–Kier alpha value is -4.38. The molecule has 0 radical (unpaired) electrons. The summed E-state index contributed by atoms with van der Waals surface area (Å²) >= 11 is 0. The van der Waals surface area contributed by atoms with E-state index in [1.54, 1.807) is 12.1 Å². The van der Waals surface area contributed by atoms with Gasteiger partial charge in [-0.05, 0) is 63.1 Å². The molecule has 0 aliphatic carbocycles. The molecule has 2 N–H and O–H groups in total. The van der Waals surface area contributed by atoms with Gasteiger partial charge in [-0.2, -0.15) is 0 Å². The third-order valence-electron chi connectivity index (χ3n) is 6.26. The molecule has 0 saturated heterocycles. The zero-order chi connectivity index (χ0) is 30.3. The van der Waals surface area contributed by atoms with E-state index in [4.69, 9.17) is 10.1 Å². The summed E-state index contributed by atoms with van der Waals surface area (Å²) < 4.78 is 27.1. The number of hydrogen-bond donors (Lipinski definition) is 2. The zero-order valence-corrected chi connectivity index (χ0v) is 24.6. The van der Waals surface area contributed by atoms with Crippen LogP contribution in [0.1, 0.15) is 42.2 Å². The van der Waals surface area contributed by atoms with Gasteiger partial charge in [0.25, 0.3) is 0 Å². The standard InChI is InChI=1S/C27H30N4O3S.C3H4O3/c1-5-25-30-27-20(4)29-19(3)16-24(27)31(25)22-10-8-21(9-11-22)14-15-28-26(32)17-35(33,34)23-12-6-18(2)7-13-23;1-2(4)3(5)6/h6-13,16H,5,14-15,17H2,1-4H3,(H,28,32);1H3,(H,5,6). The molecule has 10 nitrogen and oxygen atoms in total. The van der Waals surface area contributed by atoms with Crippen molar-refractivity contribution in [2.24, 2.45) is 0 Å². The number of Topliss-reactive ketones (excluding diaryl/α,β-unsaturated/α-hetero) is 1. The summed E-state index contributed by atoms with van der Waals surface area (Å²) in [6.07, 6.45) is 1.40. The van der Waals surface area contributed by atoms with Crippen molar-refractivity contribution in [1.29, 1.82) is 0 Å². The van der Waals surface area contributed by atoms with Crippen molar-refractivity contribution in [3.05, 3.63) is 82.9 Å². The first-order valence-corrected chi connectivity index (χ1v) is 14.7. The Morgan fingerprint density at radius 1 is 0.951 bits per heavy atom. The average Bonchev–Trinajstić information content (AvgIpc) is 3.28. The highest BCUT2D eigenvalue weighted by Crippen LogP contribution is 2.24. The normalized spacial score (nSPS) is 11.0. The fraction of sp³-hybridized carbons (Fsp3) is 0.300. The monoisotopic (exact) mass is 578 g/mol. The van der Waals surface area contributed by atoms with Crippen LogP contribution in [0, 0.1) is 20.8 Å². The molecule has 4 aromatic rings. The predicted octanol–water partition coefficient (Wildman–Crippen LogP) is 3.70. The molecule has 0 fully saturated rings. The topological polar surface area (TPSA) is 148 Å². The van der Waals surface area contributed by atoms with Crippen LogP contribution < -0.4 is 5.32 Å². The van der Waals surface area contributed by atoms with Crippen LogP contribution in [0.15, 0.2) is 59.5 Å². The number of carbonyl (C=O) groups excluding carboxylic acids is 2. The minimum absolute atomic E-state index is 0.161. The molecular formula is C30H34N4O6S. The van der Waals surface area contributed by atoms with Crippen molar-refractivity contribution >= 4 is 38.5 Å². The van der Waals surface area contributed by atoms with Gasteiger partial charge in [-0.1, -0.05) is 36.8 Å². The van der Waals surface area contributed by atoms with Crippen molar-refractivity contribution in [2.45, 2.75) is 52.4 Å². The number of hydrogen-bond acceptors (Lipinski definition) is 7. The summed E-state index contributed by atoms with van der Waals surface area (Å²) in [4.78, 5) is 40.6. The smallest absolute Gasteiger partial charge is 0.371 e. The number of fused-ring (bicyclic) bond motifs is 1. The molecule has 216 valence electrons. The quantitative estimate of drug-likeness (QED) is 0.286. The number of pyridine rings is 1. The highest BCUT2D eigenvalue weighted by atomic mass is 32.2. The van der Waals surface area contributed by atoms with E-state index < -0.39 is 33.2 Å². The van der Waals surface area contributed by atoms with E-state index in [-0.39, 0.29) is 4.90 Å². The molecule has 4 rings (SSSR count). The fourth-order valence-corrected chi connectivity index (χ4v) is 5.33. The lowest BCUT2D eigenvalue weighted by Gasteiger charge is -2.11. The van der Waals surface area contributed by atoms with E-state index in [0.29, 0.717) is 13.0 Å². The first kappa shape index (κ1) is 31.2. The van der Waals surface area contributed by atoms with Crippen molar-refractivity contribution in [2.75, 3.05) is 12.3 Å². The summed E-state index contributed by atoms with van der Waals surface area (Å²) in [5, 5.41) is 10.4. The van der Waals surface area contributed by atoms with Crippen molar-refractivity contribution in [1.82, 2.24) is 19.9 Å². The van der Waals surface area contributed by atoms with Crippen LogP contribution in [0.2, 0.25) is 0 Å². The molecule has 0 spiro atoms. The summed E-state index contributed by atoms with van der Waals surface area (Å²) in [6.45, 7) is 9.30. The van der Waals surface area contributed by atoms with Crippen molar-refractivity contribution in [3.63, 3.8) is 0 Å². The lowest BCUT2D eigenvalue weighted by molar-refractivity contribution is -0.148. The number of aromatic nitrogens is 3. The van der Waals surface area contributed by atoms with Gasteiger partial charge in [-0.3, -0.25) is 19.1 Å². The molecule has 41 heavy (non-hydrogen) atoms. The number of aliphatic carboxylic acids is 1. The second kappa shape index (κ2) is 13.3. The van der Waals surface area contributed by atoms with Crippen LogP contribution in [0.4, 0.5) is 0 Å². The number of nitrogens with zero attached hydrogens (tertiary/aromatic N) is 3. The lowest BCUT2D eigenvalue weighted by Crippen LogP contribution is -2.31. The van der Waals surface area contributed by atoms with E-state index in [1.165, 1.54) is 12.1 Å². The molecule has 0 atom stereocenters. The maximum absolute atomic E-state index is 12.5. The van der Waals surface area contributed by atoms with E-state index in [9.17, 15) is 22.8 Å². The van der Waals surface area contributed by atoms with Gasteiger partial charge in [0.15, 0.2) is 9.84 Å². The maximum atomic E-state index is 12.5. The highest BCUT2D eigenvalue weighted by Gasteiger charge is 2.19. The highest BCUT2D eigenvalue weighted by molar-refractivity contribution is 7.92. The minimum atomic E-state index is -3.66. The van der Waals surface area contributed by atoms with Crippen LogP contribution >= 0.6 is 0 Å². The van der Waals surface area contributed by atoms with Crippen LogP contribution in [-0.2, 0) is 37.1 Å². The molecule has 0 aliphatic rings. The summed E-state index contributed by atoms with van der Waals surface area (Å²) in [6, 6.07) is 16.7. The number of rotatable bonds is 9. The number of nitrogens with one attached hydrogen (secondary N) is 1. The number of aryl methyl sites for hydroxylation is 4. The first-order chi connectivity index (χ1) is 19.3. The Bertz CT molecular complexity index is 1660. The molecule has 2 aromatic heterocycles. The van der Waals surface area contributed by atoms with Gasteiger partial charge < -0.3 is 10.4 Å². The van der Waals surface area contributed by atoms with E-state index in [1.807, 2.05) is 45.0 Å².